The maximum absolute atomic E-state index is 13.6. The van der Waals surface area contributed by atoms with E-state index in [1.54, 1.807) is 25.3 Å². The molecule has 5 rings (SSSR count). The second kappa shape index (κ2) is 10.5. The fraction of sp³-hybridized carbons (Fsp3) is 0.345. The minimum atomic E-state index is -0.363. The van der Waals surface area contributed by atoms with Crippen molar-refractivity contribution < 1.29 is 13.9 Å². The van der Waals surface area contributed by atoms with Gasteiger partial charge in [-0.1, -0.05) is 24.3 Å². The zero-order valence-electron chi connectivity index (χ0n) is 20.2. The van der Waals surface area contributed by atoms with E-state index in [9.17, 15) is 14.0 Å². The number of H-pyrrole nitrogens is 1. The van der Waals surface area contributed by atoms with Gasteiger partial charge in [0, 0.05) is 36.0 Å². The highest BCUT2D eigenvalue weighted by Crippen LogP contribution is 2.47. The standard InChI is InChI=1S/C29H30FN3O3/c1-2-36-29(35)33-24-9-10-25-20(14-24)12-21-15-28(34)32-17-27(21)26(25)11-8-23-7-6-19(16-31-23)18-4-3-5-22(30)13-18/h3-8,11,13,15-17,20,24-26H,2,9-10,12,14H2,1H3,(H,32,34)(H,33,35)/b11-8+/t20-,24-,25-,26+/m1/s1. The normalized spacial score (nSPS) is 23.1. The van der Waals surface area contributed by atoms with Crippen molar-refractivity contribution in [1.82, 2.24) is 15.3 Å². The van der Waals surface area contributed by atoms with Gasteiger partial charge in [-0.15, -0.1) is 0 Å². The Kier molecular flexibility index (Phi) is 6.98. The number of benzene rings is 1. The average molecular weight is 488 g/mol. The Morgan fingerprint density at radius 3 is 2.89 bits per heavy atom. The highest BCUT2D eigenvalue weighted by molar-refractivity contribution is 5.67. The Balaban J connectivity index is 1.37. The number of ether oxygens (including phenoxy) is 1. The van der Waals surface area contributed by atoms with Crippen LogP contribution in [0, 0.1) is 17.7 Å². The fourth-order valence-corrected chi connectivity index (χ4v) is 5.78. The molecule has 1 fully saturated rings. The SMILES string of the molecule is CCOC(=O)N[C@@H]1CC[C@@H]2[C@H](Cc3cc(=O)[nH]cc3[C@H]2/C=C/c2ccc(-c3cccc(F)c3)cn2)C1. The lowest BCUT2D eigenvalue weighted by atomic mass is 9.62. The number of pyridine rings is 2. The first kappa shape index (κ1) is 24.0. The van der Waals surface area contributed by atoms with Crippen LogP contribution in [0.25, 0.3) is 17.2 Å². The smallest absolute Gasteiger partial charge is 0.407 e. The minimum Gasteiger partial charge on any atom is -0.450 e. The quantitative estimate of drug-likeness (QED) is 0.501. The highest BCUT2D eigenvalue weighted by Gasteiger charge is 2.40. The second-order valence-corrected chi connectivity index (χ2v) is 9.65. The van der Waals surface area contributed by atoms with Gasteiger partial charge in [-0.25, -0.2) is 9.18 Å². The number of amides is 1. The van der Waals surface area contributed by atoms with Crippen molar-refractivity contribution in [3.05, 3.63) is 93.9 Å². The first-order chi connectivity index (χ1) is 17.5. The van der Waals surface area contributed by atoms with E-state index in [0.29, 0.717) is 18.4 Å². The molecule has 0 radical (unpaired) electrons. The van der Waals surface area contributed by atoms with Crippen LogP contribution in [0.5, 0.6) is 0 Å². The summed E-state index contributed by atoms with van der Waals surface area (Å²) >= 11 is 0. The molecule has 186 valence electrons. The molecule has 1 amide bonds. The van der Waals surface area contributed by atoms with Crippen LogP contribution in [0.1, 0.15) is 48.9 Å². The van der Waals surface area contributed by atoms with Gasteiger partial charge in [0.05, 0.1) is 12.3 Å². The number of nitrogens with one attached hydrogen (secondary N) is 2. The number of aromatic amines is 1. The largest absolute Gasteiger partial charge is 0.450 e. The van der Waals surface area contributed by atoms with Crippen molar-refractivity contribution in [2.24, 2.45) is 11.8 Å². The lowest BCUT2D eigenvalue weighted by molar-refractivity contribution is 0.129. The number of hydrogen-bond donors (Lipinski definition) is 2. The zero-order valence-corrected chi connectivity index (χ0v) is 20.2. The second-order valence-electron chi connectivity index (χ2n) is 9.65. The van der Waals surface area contributed by atoms with E-state index in [-0.39, 0.29) is 29.4 Å². The highest BCUT2D eigenvalue weighted by atomic mass is 19.1. The van der Waals surface area contributed by atoms with Crippen LogP contribution in [0.4, 0.5) is 9.18 Å². The molecule has 6 nitrogen and oxygen atoms in total. The molecule has 0 unspecified atom stereocenters. The molecular formula is C29H30FN3O3. The van der Waals surface area contributed by atoms with E-state index in [1.165, 1.54) is 12.1 Å². The third kappa shape index (κ3) is 5.25. The van der Waals surface area contributed by atoms with Crippen LogP contribution in [0.3, 0.4) is 0 Å². The summed E-state index contributed by atoms with van der Waals surface area (Å²) in [5.74, 6) is 0.639. The number of aromatic nitrogens is 2. The maximum atomic E-state index is 13.6. The number of carbonyl (C=O) groups excluding carboxylic acids is 1. The predicted octanol–water partition coefficient (Wildman–Crippen LogP) is 5.46. The molecule has 0 bridgehead atoms. The summed E-state index contributed by atoms with van der Waals surface area (Å²) in [6.07, 6.45) is 11.0. The summed E-state index contributed by atoms with van der Waals surface area (Å²) in [5.41, 5.74) is 4.60. The van der Waals surface area contributed by atoms with Crippen LogP contribution >= 0.6 is 0 Å². The van der Waals surface area contributed by atoms with E-state index in [0.717, 1.165) is 53.6 Å². The summed E-state index contributed by atoms with van der Waals surface area (Å²) in [4.78, 5) is 31.4. The van der Waals surface area contributed by atoms with E-state index >= 15 is 0 Å². The Morgan fingerprint density at radius 1 is 1.22 bits per heavy atom. The predicted molar refractivity (Wildman–Crippen MR) is 137 cm³/mol. The summed E-state index contributed by atoms with van der Waals surface area (Å²) < 4.78 is 18.7. The van der Waals surface area contributed by atoms with Crippen molar-refractivity contribution in [1.29, 1.82) is 0 Å². The number of halogens is 1. The lowest BCUT2D eigenvalue weighted by Gasteiger charge is -2.43. The van der Waals surface area contributed by atoms with E-state index in [2.05, 4.69) is 21.4 Å². The van der Waals surface area contributed by atoms with E-state index < -0.39 is 0 Å². The van der Waals surface area contributed by atoms with Gasteiger partial charge in [-0.2, -0.15) is 0 Å². The van der Waals surface area contributed by atoms with Crippen molar-refractivity contribution in [2.45, 2.75) is 44.6 Å². The van der Waals surface area contributed by atoms with E-state index in [4.69, 9.17) is 4.74 Å². The fourth-order valence-electron chi connectivity index (χ4n) is 5.78. The van der Waals surface area contributed by atoms with Crippen molar-refractivity contribution >= 4 is 12.2 Å². The maximum Gasteiger partial charge on any atom is 0.407 e. The summed E-state index contributed by atoms with van der Waals surface area (Å²) in [6, 6.07) is 12.2. The Morgan fingerprint density at radius 2 is 2.11 bits per heavy atom. The molecule has 36 heavy (non-hydrogen) atoms. The van der Waals surface area contributed by atoms with Gasteiger partial charge in [0.15, 0.2) is 0 Å². The van der Waals surface area contributed by atoms with Crippen LogP contribution in [-0.2, 0) is 11.2 Å². The number of fused-ring (bicyclic) bond motifs is 2. The Hall–Kier alpha value is -3.74. The molecule has 3 aromatic rings. The minimum absolute atomic E-state index is 0.0792. The average Bonchev–Trinajstić information content (AvgIpc) is 2.87. The molecule has 0 spiro atoms. The molecule has 1 aromatic carbocycles. The lowest BCUT2D eigenvalue weighted by Crippen LogP contribution is -2.44. The topological polar surface area (TPSA) is 84.1 Å². The third-order valence-electron chi connectivity index (χ3n) is 7.41. The van der Waals surface area contributed by atoms with Gasteiger partial charge >= 0.3 is 6.09 Å². The number of nitrogens with zero attached hydrogens (tertiary/aromatic N) is 1. The molecular weight excluding hydrogens is 457 g/mol. The monoisotopic (exact) mass is 487 g/mol. The molecule has 2 aromatic heterocycles. The van der Waals surface area contributed by atoms with Crippen molar-refractivity contribution in [3.8, 4) is 11.1 Å². The number of rotatable bonds is 5. The molecule has 2 N–H and O–H groups in total. The molecule has 1 saturated carbocycles. The van der Waals surface area contributed by atoms with Gasteiger partial charge in [-0.05, 0) is 85.4 Å². The molecule has 2 aliphatic carbocycles. The van der Waals surface area contributed by atoms with Gasteiger partial charge in [0.1, 0.15) is 5.82 Å². The first-order valence-electron chi connectivity index (χ1n) is 12.5. The van der Waals surface area contributed by atoms with Crippen molar-refractivity contribution in [2.75, 3.05) is 6.61 Å². The molecule has 2 heterocycles. The molecule has 0 aliphatic heterocycles. The van der Waals surface area contributed by atoms with Gasteiger partial charge in [-0.3, -0.25) is 9.78 Å². The number of alkyl carbamates (subject to hydrolysis) is 1. The number of hydrogen-bond acceptors (Lipinski definition) is 4. The van der Waals surface area contributed by atoms with Gasteiger partial charge in [0.25, 0.3) is 0 Å². The van der Waals surface area contributed by atoms with Gasteiger partial charge < -0.3 is 15.0 Å². The third-order valence-corrected chi connectivity index (χ3v) is 7.41. The number of allylic oxidation sites excluding steroid dienone is 1. The van der Waals surface area contributed by atoms with Crippen LogP contribution in [-0.4, -0.2) is 28.7 Å². The Bertz CT molecular complexity index is 1320. The molecule has 7 heteroatoms. The summed E-state index contributed by atoms with van der Waals surface area (Å²) in [6.45, 7) is 2.15. The first-order valence-corrected chi connectivity index (χ1v) is 12.5. The molecule has 2 aliphatic rings. The zero-order chi connectivity index (χ0) is 25.1. The van der Waals surface area contributed by atoms with Crippen LogP contribution in [0.15, 0.2) is 65.7 Å². The van der Waals surface area contributed by atoms with Crippen LogP contribution in [0.2, 0.25) is 0 Å². The summed E-state index contributed by atoms with van der Waals surface area (Å²) in [7, 11) is 0. The van der Waals surface area contributed by atoms with Crippen LogP contribution < -0.4 is 10.9 Å². The number of carbonyl (C=O) groups is 1. The van der Waals surface area contributed by atoms with Gasteiger partial charge in [0.2, 0.25) is 5.56 Å². The summed E-state index contributed by atoms with van der Waals surface area (Å²) in [5, 5.41) is 3.00. The van der Waals surface area contributed by atoms with E-state index in [1.807, 2.05) is 30.5 Å². The Labute approximate surface area is 209 Å². The van der Waals surface area contributed by atoms with Crippen molar-refractivity contribution in [3.63, 3.8) is 0 Å². The molecule has 0 saturated heterocycles. The molecule has 4 atom stereocenters.